The van der Waals surface area contributed by atoms with Crippen molar-refractivity contribution in [2.45, 2.75) is 18.4 Å². The van der Waals surface area contributed by atoms with Crippen LogP contribution in [0.15, 0.2) is 18.5 Å². The monoisotopic (exact) mass is 302 g/mol. The van der Waals surface area contributed by atoms with Crippen molar-refractivity contribution >= 4 is 17.8 Å². The largest absolute Gasteiger partial charge is 0.439 e. The van der Waals surface area contributed by atoms with Gasteiger partial charge in [-0.25, -0.2) is 14.3 Å². The van der Waals surface area contributed by atoms with Crippen molar-refractivity contribution in [2.75, 3.05) is 19.6 Å². The summed E-state index contributed by atoms with van der Waals surface area (Å²) in [5.41, 5.74) is -0.623. The number of carbonyl (C=O) groups is 2. The summed E-state index contributed by atoms with van der Waals surface area (Å²) in [6.07, 6.45) is 4.37. The summed E-state index contributed by atoms with van der Waals surface area (Å²) < 4.78 is 6.83. The lowest BCUT2D eigenvalue weighted by Crippen LogP contribution is -2.52. The third kappa shape index (κ3) is 2.05. The van der Waals surface area contributed by atoms with Gasteiger partial charge in [-0.1, -0.05) is 0 Å². The van der Waals surface area contributed by atoms with Crippen LogP contribution in [0.25, 0.3) is 5.78 Å². The average molecular weight is 302 g/mol. The van der Waals surface area contributed by atoms with Crippen molar-refractivity contribution < 1.29 is 14.3 Å². The van der Waals surface area contributed by atoms with Crippen molar-refractivity contribution in [3.63, 3.8) is 0 Å². The summed E-state index contributed by atoms with van der Waals surface area (Å²) >= 11 is 0. The van der Waals surface area contributed by atoms with Gasteiger partial charge in [0.15, 0.2) is 0 Å². The van der Waals surface area contributed by atoms with Crippen molar-refractivity contribution in [1.29, 1.82) is 0 Å². The van der Waals surface area contributed by atoms with Crippen LogP contribution in [0.3, 0.4) is 0 Å². The Bertz CT molecular complexity index is 726. The van der Waals surface area contributed by atoms with E-state index in [0.29, 0.717) is 25.4 Å². The minimum atomic E-state index is -0.623. The number of likely N-dealkylation sites (tertiary alicyclic amines) is 1. The fourth-order valence-electron chi connectivity index (χ4n) is 2.97. The predicted octanol–water partition coefficient (Wildman–Crippen LogP) is -0.161. The first-order valence-electron chi connectivity index (χ1n) is 7.09. The predicted molar refractivity (Wildman–Crippen MR) is 73.1 cm³/mol. The Balaban J connectivity index is 1.58. The number of fused-ring (bicyclic) bond motifs is 1. The lowest BCUT2D eigenvalue weighted by molar-refractivity contribution is -0.00543. The maximum atomic E-state index is 12.6. The van der Waals surface area contributed by atoms with Crippen LogP contribution in [0.2, 0.25) is 0 Å². The second-order valence-electron chi connectivity index (χ2n) is 5.56. The van der Waals surface area contributed by atoms with E-state index in [4.69, 9.17) is 4.74 Å². The fourth-order valence-corrected chi connectivity index (χ4v) is 2.97. The lowest BCUT2D eigenvalue weighted by atomic mass is 9.93. The molecule has 4 rings (SSSR count). The van der Waals surface area contributed by atoms with Gasteiger partial charge < -0.3 is 15.0 Å². The zero-order chi connectivity index (χ0) is 15.2. The number of nitrogens with zero attached hydrogens (tertiary/aromatic N) is 5. The Kier molecular flexibility index (Phi) is 2.75. The molecule has 2 aliphatic rings. The molecular formula is C13H14N6O3. The summed E-state index contributed by atoms with van der Waals surface area (Å²) in [6.45, 7) is 1.38. The third-order valence-electron chi connectivity index (χ3n) is 4.00. The minimum Gasteiger partial charge on any atom is -0.439 e. The summed E-state index contributed by atoms with van der Waals surface area (Å²) in [6, 6.07) is 1.72. The first-order valence-corrected chi connectivity index (χ1v) is 7.09. The molecule has 9 heteroatoms. The maximum Gasteiger partial charge on any atom is 0.407 e. The molecule has 9 nitrogen and oxygen atoms in total. The van der Waals surface area contributed by atoms with Crippen molar-refractivity contribution in [3.05, 3.63) is 24.3 Å². The molecule has 1 N–H and O–H groups in total. The zero-order valence-electron chi connectivity index (χ0n) is 11.7. The van der Waals surface area contributed by atoms with Crippen LogP contribution in [0.5, 0.6) is 0 Å². The molecule has 2 aliphatic heterocycles. The minimum absolute atomic E-state index is 0.105. The van der Waals surface area contributed by atoms with E-state index in [2.05, 4.69) is 20.4 Å². The molecule has 0 saturated carbocycles. The lowest BCUT2D eigenvalue weighted by Gasteiger charge is -2.37. The van der Waals surface area contributed by atoms with Crippen LogP contribution in [0.1, 0.15) is 23.5 Å². The number of nitrogens with one attached hydrogen (secondary N) is 1. The maximum absolute atomic E-state index is 12.6. The molecule has 1 atom stereocenters. The molecule has 0 aromatic carbocycles. The smallest absolute Gasteiger partial charge is 0.407 e. The molecule has 22 heavy (non-hydrogen) atoms. The number of hydrogen-bond acceptors (Lipinski definition) is 6. The van der Waals surface area contributed by atoms with Crippen molar-refractivity contribution in [1.82, 2.24) is 29.8 Å². The Labute approximate surface area is 125 Å². The summed E-state index contributed by atoms with van der Waals surface area (Å²) in [5, 5.41) is 6.80. The van der Waals surface area contributed by atoms with Gasteiger partial charge in [0.25, 0.3) is 11.7 Å². The molecule has 4 heterocycles. The van der Waals surface area contributed by atoms with Gasteiger partial charge in [0.2, 0.25) is 5.82 Å². The van der Waals surface area contributed by atoms with Crippen LogP contribution in [-0.4, -0.2) is 61.7 Å². The highest BCUT2D eigenvalue weighted by atomic mass is 16.6. The van der Waals surface area contributed by atoms with Gasteiger partial charge in [-0.15, -0.1) is 5.10 Å². The number of piperidine rings is 1. The highest BCUT2D eigenvalue weighted by Gasteiger charge is 2.45. The quantitative estimate of drug-likeness (QED) is 0.785. The highest BCUT2D eigenvalue weighted by molar-refractivity contribution is 5.91. The third-order valence-corrected chi connectivity index (χ3v) is 4.00. The van der Waals surface area contributed by atoms with Gasteiger partial charge in [0.05, 0.1) is 13.1 Å². The first kappa shape index (κ1) is 13.0. The molecule has 0 bridgehead atoms. The van der Waals surface area contributed by atoms with Gasteiger partial charge in [-0.2, -0.15) is 4.98 Å². The zero-order valence-corrected chi connectivity index (χ0v) is 11.7. The van der Waals surface area contributed by atoms with Gasteiger partial charge >= 0.3 is 6.09 Å². The summed E-state index contributed by atoms with van der Waals surface area (Å²) in [5.74, 6) is 0.215. The molecule has 2 amide bonds. The van der Waals surface area contributed by atoms with Crippen LogP contribution in [0, 0.1) is 0 Å². The second-order valence-corrected chi connectivity index (χ2v) is 5.56. The number of ether oxygens (including phenoxy) is 1. The van der Waals surface area contributed by atoms with E-state index in [1.54, 1.807) is 23.4 Å². The molecule has 2 aromatic rings. The number of carbonyl (C=O) groups excluding carboxylic acids is 2. The number of amides is 2. The average Bonchev–Trinajstić information content (AvgIpc) is 3.10. The van der Waals surface area contributed by atoms with E-state index in [1.807, 2.05) is 0 Å². The molecule has 2 aromatic heterocycles. The molecule has 1 spiro atoms. The topological polar surface area (TPSA) is 102 Å². The fraction of sp³-hybridized carbons (Fsp3) is 0.462. The van der Waals surface area contributed by atoms with Gasteiger partial charge in [0.1, 0.15) is 5.60 Å². The highest BCUT2D eigenvalue weighted by Crippen LogP contribution is 2.28. The van der Waals surface area contributed by atoms with Gasteiger partial charge in [-0.05, 0) is 18.9 Å². The molecular weight excluding hydrogens is 288 g/mol. The Morgan fingerprint density at radius 1 is 1.45 bits per heavy atom. The number of aromatic nitrogens is 4. The Morgan fingerprint density at radius 3 is 3.14 bits per heavy atom. The normalized spacial score (nSPS) is 24.5. The Hall–Kier alpha value is -2.71. The molecule has 2 fully saturated rings. The van der Waals surface area contributed by atoms with E-state index in [9.17, 15) is 9.59 Å². The molecule has 0 unspecified atom stereocenters. The van der Waals surface area contributed by atoms with E-state index in [-0.39, 0.29) is 11.7 Å². The molecule has 0 radical (unpaired) electrons. The first-order chi connectivity index (χ1) is 10.7. The van der Waals surface area contributed by atoms with Crippen LogP contribution < -0.4 is 5.32 Å². The standard InChI is InChI=1S/C13H14N6O3/c20-10(9-16-11-14-4-2-6-19(11)17-9)18-5-1-3-13(8-18)7-15-12(21)22-13/h2,4,6H,1,3,5,7-8H2,(H,15,21)/t13-/m0/s1. The van der Waals surface area contributed by atoms with E-state index < -0.39 is 11.7 Å². The van der Waals surface area contributed by atoms with Crippen LogP contribution in [0.4, 0.5) is 4.79 Å². The van der Waals surface area contributed by atoms with Crippen LogP contribution >= 0.6 is 0 Å². The van der Waals surface area contributed by atoms with E-state index >= 15 is 0 Å². The summed E-state index contributed by atoms with van der Waals surface area (Å²) in [4.78, 5) is 33.7. The van der Waals surface area contributed by atoms with Crippen LogP contribution in [-0.2, 0) is 4.74 Å². The van der Waals surface area contributed by atoms with E-state index in [0.717, 1.165) is 12.8 Å². The van der Waals surface area contributed by atoms with Crippen molar-refractivity contribution in [2.24, 2.45) is 0 Å². The number of hydrogen-bond donors (Lipinski definition) is 1. The van der Waals surface area contributed by atoms with Gasteiger partial charge in [0, 0.05) is 18.9 Å². The van der Waals surface area contributed by atoms with Crippen molar-refractivity contribution in [3.8, 4) is 0 Å². The van der Waals surface area contributed by atoms with Gasteiger partial charge in [-0.3, -0.25) is 4.79 Å². The summed E-state index contributed by atoms with van der Waals surface area (Å²) in [7, 11) is 0. The Morgan fingerprint density at radius 2 is 2.36 bits per heavy atom. The van der Waals surface area contributed by atoms with E-state index in [1.165, 1.54) is 4.52 Å². The SMILES string of the molecule is O=C1NC[C@]2(CCCN(C(=O)c3nc4ncccn4n3)C2)O1. The number of alkyl carbamates (subject to hydrolysis) is 1. The molecule has 114 valence electrons. The number of rotatable bonds is 1. The molecule has 2 saturated heterocycles. The molecule has 0 aliphatic carbocycles. The second kappa shape index (κ2) is 4.65.